The number of morpholine rings is 1. The summed E-state index contributed by atoms with van der Waals surface area (Å²) in [6.45, 7) is 5.67. The van der Waals surface area contributed by atoms with E-state index < -0.39 is 0 Å². The van der Waals surface area contributed by atoms with Crippen LogP contribution in [-0.4, -0.2) is 58.0 Å². The van der Waals surface area contributed by atoms with E-state index in [-0.39, 0.29) is 30.1 Å². The number of aliphatic imine (C=N–C) groups is 1. The molecule has 1 aromatic heterocycles. The monoisotopic (exact) mass is 366 g/mol. The number of guanidine groups is 1. The first-order valence-electron chi connectivity index (χ1n) is 5.74. The molecule has 0 aromatic carbocycles. The molecule has 1 saturated heterocycles. The Balaban J connectivity index is 0.00000162. The van der Waals surface area contributed by atoms with Crippen LogP contribution in [0, 0.1) is 0 Å². The van der Waals surface area contributed by atoms with Gasteiger partial charge in [-0.15, -0.1) is 24.0 Å². The van der Waals surface area contributed by atoms with Gasteiger partial charge in [-0.2, -0.15) is 5.10 Å². The van der Waals surface area contributed by atoms with Crippen molar-refractivity contribution in [1.82, 2.24) is 19.7 Å². The van der Waals surface area contributed by atoms with Crippen molar-refractivity contribution >= 4 is 29.9 Å². The summed E-state index contributed by atoms with van der Waals surface area (Å²) in [5.74, 6) is 0.584. The number of nitrogens with zero attached hydrogens (tertiary/aromatic N) is 5. The van der Waals surface area contributed by atoms with Crippen LogP contribution in [0.25, 0.3) is 0 Å². The minimum absolute atomic E-state index is 0. The lowest BCUT2D eigenvalue weighted by Gasteiger charge is -2.31. The van der Waals surface area contributed by atoms with E-state index in [0.717, 1.165) is 13.1 Å². The average Bonchev–Trinajstić information content (AvgIpc) is 2.82. The minimum Gasteiger partial charge on any atom is -0.375 e. The summed E-state index contributed by atoms with van der Waals surface area (Å²) in [5.41, 5.74) is 5.93. The number of aromatic nitrogens is 3. The van der Waals surface area contributed by atoms with Crippen molar-refractivity contribution < 1.29 is 4.74 Å². The second-order valence-corrected chi connectivity index (χ2v) is 4.03. The van der Waals surface area contributed by atoms with Crippen LogP contribution in [0.1, 0.15) is 6.92 Å². The summed E-state index contributed by atoms with van der Waals surface area (Å²) >= 11 is 0. The van der Waals surface area contributed by atoms with Gasteiger partial charge in [0.25, 0.3) is 0 Å². The fourth-order valence-corrected chi connectivity index (χ4v) is 1.74. The van der Waals surface area contributed by atoms with E-state index in [1.807, 2.05) is 6.92 Å². The van der Waals surface area contributed by atoms with Crippen LogP contribution >= 0.6 is 24.0 Å². The summed E-state index contributed by atoms with van der Waals surface area (Å²) in [5, 5.41) is 4.00. The Bertz CT molecular complexity index is 368. The van der Waals surface area contributed by atoms with E-state index in [2.05, 4.69) is 20.0 Å². The van der Waals surface area contributed by atoms with Gasteiger partial charge in [0.15, 0.2) is 5.96 Å². The normalized spacial score (nSPS) is 20.6. The Labute approximate surface area is 123 Å². The Hall–Kier alpha value is -0.900. The van der Waals surface area contributed by atoms with Gasteiger partial charge in [-0.25, -0.2) is 4.98 Å². The highest BCUT2D eigenvalue weighted by atomic mass is 127. The van der Waals surface area contributed by atoms with Crippen LogP contribution in [0.15, 0.2) is 17.6 Å². The zero-order chi connectivity index (χ0) is 12.1. The molecule has 0 saturated carbocycles. The van der Waals surface area contributed by atoms with Gasteiger partial charge in [0.1, 0.15) is 12.7 Å². The van der Waals surface area contributed by atoms with Crippen molar-refractivity contribution in [3.63, 3.8) is 0 Å². The van der Waals surface area contributed by atoms with Crippen molar-refractivity contribution in [1.29, 1.82) is 0 Å². The summed E-state index contributed by atoms with van der Waals surface area (Å²) in [6, 6.07) is 0. The summed E-state index contributed by atoms with van der Waals surface area (Å²) in [7, 11) is 0. The number of rotatable bonds is 3. The molecule has 1 aliphatic rings. The maximum absolute atomic E-state index is 5.93. The molecule has 0 spiro atoms. The summed E-state index contributed by atoms with van der Waals surface area (Å²) < 4.78 is 7.18. The molecule has 7 nitrogen and oxygen atoms in total. The fraction of sp³-hybridized carbons (Fsp3) is 0.700. The van der Waals surface area contributed by atoms with Gasteiger partial charge in [-0.3, -0.25) is 9.67 Å². The highest BCUT2D eigenvalue weighted by molar-refractivity contribution is 14.0. The van der Waals surface area contributed by atoms with Crippen LogP contribution in [-0.2, 0) is 11.3 Å². The third kappa shape index (κ3) is 4.41. The quantitative estimate of drug-likeness (QED) is 0.460. The molecule has 0 bridgehead atoms. The number of hydrogen-bond acceptors (Lipinski definition) is 4. The molecule has 0 radical (unpaired) electrons. The van der Waals surface area contributed by atoms with E-state index >= 15 is 0 Å². The molecule has 2 rings (SSSR count). The fourth-order valence-electron chi connectivity index (χ4n) is 1.74. The number of halogens is 1. The van der Waals surface area contributed by atoms with Crippen LogP contribution in [0.5, 0.6) is 0 Å². The van der Waals surface area contributed by atoms with Gasteiger partial charge < -0.3 is 15.4 Å². The largest absolute Gasteiger partial charge is 0.375 e. The third-order valence-corrected chi connectivity index (χ3v) is 2.63. The smallest absolute Gasteiger partial charge is 0.191 e. The first-order valence-corrected chi connectivity index (χ1v) is 5.74. The van der Waals surface area contributed by atoms with E-state index in [1.54, 1.807) is 11.0 Å². The summed E-state index contributed by atoms with van der Waals surface area (Å²) in [4.78, 5) is 10.2. The first-order chi connectivity index (χ1) is 8.25. The molecular formula is C10H19IN6O. The van der Waals surface area contributed by atoms with Crippen molar-refractivity contribution in [2.45, 2.75) is 19.6 Å². The third-order valence-electron chi connectivity index (χ3n) is 2.63. The highest BCUT2D eigenvalue weighted by Crippen LogP contribution is 2.03. The lowest BCUT2D eigenvalue weighted by Crippen LogP contribution is -2.48. The molecule has 1 unspecified atom stereocenters. The van der Waals surface area contributed by atoms with Crippen molar-refractivity contribution in [2.24, 2.45) is 10.7 Å². The second kappa shape index (κ2) is 7.52. The van der Waals surface area contributed by atoms with Crippen LogP contribution in [0.3, 0.4) is 0 Å². The zero-order valence-electron chi connectivity index (χ0n) is 10.4. The van der Waals surface area contributed by atoms with Crippen molar-refractivity contribution in [3.8, 4) is 0 Å². The first kappa shape index (κ1) is 15.2. The van der Waals surface area contributed by atoms with Crippen LogP contribution in [0.2, 0.25) is 0 Å². The van der Waals surface area contributed by atoms with Crippen molar-refractivity contribution in [2.75, 3.05) is 26.2 Å². The molecule has 1 aromatic rings. The van der Waals surface area contributed by atoms with E-state index in [0.29, 0.717) is 25.7 Å². The van der Waals surface area contributed by atoms with Gasteiger partial charge >= 0.3 is 0 Å². The predicted octanol–water partition coefficient (Wildman–Crippen LogP) is -0.0685. The Morgan fingerprint density at radius 2 is 2.44 bits per heavy atom. The average molecular weight is 366 g/mol. The standard InChI is InChI=1S/C10H18N6O.HI/c1-9-6-15(4-5-17-9)10(11)13-2-3-16-8-12-7-14-16;/h7-9H,2-6H2,1H3,(H2,11,13);1H. The zero-order valence-corrected chi connectivity index (χ0v) is 12.7. The molecule has 18 heavy (non-hydrogen) atoms. The SMILES string of the molecule is CC1CN(C(N)=NCCn2cncn2)CCO1.I. The van der Waals surface area contributed by atoms with E-state index in [1.165, 1.54) is 6.33 Å². The van der Waals surface area contributed by atoms with E-state index in [9.17, 15) is 0 Å². The van der Waals surface area contributed by atoms with Gasteiger partial charge in [0, 0.05) is 13.1 Å². The number of hydrogen-bond donors (Lipinski definition) is 1. The molecule has 1 atom stereocenters. The Morgan fingerprint density at radius 3 is 3.11 bits per heavy atom. The molecule has 2 N–H and O–H groups in total. The molecule has 1 aliphatic heterocycles. The molecule has 1 fully saturated rings. The van der Waals surface area contributed by atoms with Gasteiger partial charge in [0.05, 0.1) is 25.8 Å². The maximum Gasteiger partial charge on any atom is 0.191 e. The van der Waals surface area contributed by atoms with Crippen LogP contribution in [0.4, 0.5) is 0 Å². The lowest BCUT2D eigenvalue weighted by atomic mass is 10.3. The van der Waals surface area contributed by atoms with Gasteiger partial charge in [0.2, 0.25) is 0 Å². The Kier molecular flexibility index (Phi) is 6.33. The Morgan fingerprint density at radius 1 is 1.61 bits per heavy atom. The van der Waals surface area contributed by atoms with Gasteiger partial charge in [-0.05, 0) is 6.92 Å². The lowest BCUT2D eigenvalue weighted by molar-refractivity contribution is 0.00529. The minimum atomic E-state index is 0. The molecule has 0 amide bonds. The number of nitrogens with two attached hydrogens (primary N) is 1. The molecule has 0 aliphatic carbocycles. The van der Waals surface area contributed by atoms with E-state index in [4.69, 9.17) is 10.5 Å². The second-order valence-electron chi connectivity index (χ2n) is 4.03. The van der Waals surface area contributed by atoms with Crippen LogP contribution < -0.4 is 5.73 Å². The molecule has 2 heterocycles. The molecular weight excluding hydrogens is 347 g/mol. The topological polar surface area (TPSA) is 81.6 Å². The predicted molar refractivity (Wildman–Crippen MR) is 78.9 cm³/mol. The molecule has 8 heteroatoms. The molecule has 102 valence electrons. The van der Waals surface area contributed by atoms with Gasteiger partial charge in [-0.1, -0.05) is 0 Å². The highest BCUT2D eigenvalue weighted by Gasteiger charge is 2.17. The summed E-state index contributed by atoms with van der Waals surface area (Å²) in [6.07, 6.45) is 3.40. The number of ether oxygens (including phenoxy) is 1. The maximum atomic E-state index is 5.93. The van der Waals surface area contributed by atoms with Crippen molar-refractivity contribution in [3.05, 3.63) is 12.7 Å².